The molecule has 0 radical (unpaired) electrons. The van der Waals surface area contributed by atoms with Crippen LogP contribution in [-0.4, -0.2) is 23.2 Å². The van der Waals surface area contributed by atoms with E-state index in [2.05, 4.69) is 10.3 Å². The molecule has 94 valence electrons. The molecule has 0 saturated carbocycles. The summed E-state index contributed by atoms with van der Waals surface area (Å²) < 4.78 is 0. The number of aromatic nitrogens is 1. The quantitative estimate of drug-likeness (QED) is 0.612. The lowest BCUT2D eigenvalue weighted by Crippen LogP contribution is -2.25. The molecule has 1 aromatic heterocycles. The van der Waals surface area contributed by atoms with Crippen LogP contribution < -0.4 is 5.32 Å². The van der Waals surface area contributed by atoms with Crippen molar-refractivity contribution < 1.29 is 4.79 Å². The summed E-state index contributed by atoms with van der Waals surface area (Å²) in [5, 5.41) is 6.01. The summed E-state index contributed by atoms with van der Waals surface area (Å²) in [6.07, 6.45) is 4.94. The van der Waals surface area contributed by atoms with Crippen molar-refractivity contribution in [2.45, 2.75) is 26.0 Å². The summed E-state index contributed by atoms with van der Waals surface area (Å²) in [6, 6.07) is 0. The number of thiazole rings is 1. The second-order valence-electron chi connectivity index (χ2n) is 3.56. The highest BCUT2D eigenvalue weighted by atomic mass is 32.2. The normalized spacial score (nSPS) is 10.9. The van der Waals surface area contributed by atoms with E-state index in [-0.39, 0.29) is 5.91 Å². The van der Waals surface area contributed by atoms with Gasteiger partial charge in [-0.15, -0.1) is 23.1 Å². The maximum Gasteiger partial charge on any atom is 0.230 e. The number of allylic oxidation sites excluding steroid dienone is 1. The van der Waals surface area contributed by atoms with Crippen molar-refractivity contribution in [3.63, 3.8) is 0 Å². The van der Waals surface area contributed by atoms with E-state index >= 15 is 0 Å². The van der Waals surface area contributed by atoms with Gasteiger partial charge in [-0.3, -0.25) is 4.79 Å². The van der Waals surface area contributed by atoms with E-state index in [0.29, 0.717) is 5.75 Å². The van der Waals surface area contributed by atoms with Gasteiger partial charge in [0.2, 0.25) is 5.91 Å². The molecule has 1 aromatic rings. The Morgan fingerprint density at radius 3 is 3.12 bits per heavy atom. The second kappa shape index (κ2) is 8.31. The molecule has 0 bridgehead atoms. The van der Waals surface area contributed by atoms with Crippen LogP contribution >= 0.6 is 23.1 Å². The Labute approximate surface area is 111 Å². The molecule has 1 N–H and O–H groups in total. The summed E-state index contributed by atoms with van der Waals surface area (Å²) in [4.78, 5) is 15.8. The zero-order chi connectivity index (χ0) is 12.5. The average molecular weight is 270 g/mol. The maximum absolute atomic E-state index is 11.4. The first kappa shape index (κ1) is 14.3. The van der Waals surface area contributed by atoms with E-state index in [4.69, 9.17) is 0 Å². The first-order valence-electron chi connectivity index (χ1n) is 5.59. The molecule has 1 heterocycles. The van der Waals surface area contributed by atoms with Crippen LogP contribution in [0, 0.1) is 6.92 Å². The van der Waals surface area contributed by atoms with Gasteiger partial charge in [-0.1, -0.05) is 12.2 Å². The Morgan fingerprint density at radius 2 is 2.47 bits per heavy atom. The first-order chi connectivity index (χ1) is 8.22. The number of aryl methyl sites for hydroxylation is 1. The fraction of sp³-hybridized carbons (Fsp3) is 0.500. The number of nitrogens with zero attached hydrogens (tertiary/aromatic N) is 1. The second-order valence-corrected chi connectivity index (χ2v) is 5.61. The number of thioether (sulfide) groups is 1. The Bertz CT molecular complexity index is 374. The highest BCUT2D eigenvalue weighted by Crippen LogP contribution is 2.14. The Balaban J connectivity index is 2.08. The van der Waals surface area contributed by atoms with Gasteiger partial charge in [0, 0.05) is 17.7 Å². The number of nitrogens with one attached hydrogen (secondary N) is 1. The minimum absolute atomic E-state index is 0.103. The number of amides is 1. The highest BCUT2D eigenvalue weighted by molar-refractivity contribution is 7.99. The molecule has 0 aliphatic carbocycles. The van der Waals surface area contributed by atoms with Crippen molar-refractivity contribution in [2.75, 3.05) is 12.3 Å². The van der Waals surface area contributed by atoms with Gasteiger partial charge in [0.25, 0.3) is 0 Å². The number of rotatable bonds is 7. The molecule has 1 rings (SSSR count). The molecular weight excluding hydrogens is 252 g/mol. The molecule has 17 heavy (non-hydrogen) atoms. The van der Waals surface area contributed by atoms with Crippen LogP contribution in [0.2, 0.25) is 0 Å². The lowest BCUT2D eigenvalue weighted by atomic mass is 10.4. The summed E-state index contributed by atoms with van der Waals surface area (Å²) >= 11 is 3.26. The van der Waals surface area contributed by atoms with E-state index in [0.717, 1.165) is 29.4 Å². The van der Waals surface area contributed by atoms with Crippen LogP contribution in [0.5, 0.6) is 0 Å². The van der Waals surface area contributed by atoms with Crippen LogP contribution in [0.3, 0.4) is 0 Å². The van der Waals surface area contributed by atoms with Crippen molar-refractivity contribution in [3.8, 4) is 0 Å². The summed E-state index contributed by atoms with van der Waals surface area (Å²) in [5.74, 6) is 1.42. The van der Waals surface area contributed by atoms with Crippen LogP contribution in [-0.2, 0) is 10.5 Å². The molecule has 0 aliphatic rings. The third-order valence-corrected chi connectivity index (χ3v) is 3.81. The van der Waals surface area contributed by atoms with Crippen molar-refractivity contribution in [1.82, 2.24) is 10.3 Å². The number of carbonyl (C=O) groups excluding carboxylic acids is 1. The largest absolute Gasteiger partial charge is 0.355 e. The maximum atomic E-state index is 11.4. The van der Waals surface area contributed by atoms with Gasteiger partial charge in [0.1, 0.15) is 0 Å². The average Bonchev–Trinajstić information content (AvgIpc) is 2.71. The third kappa shape index (κ3) is 6.48. The van der Waals surface area contributed by atoms with Crippen molar-refractivity contribution in [1.29, 1.82) is 0 Å². The fourth-order valence-electron chi connectivity index (χ4n) is 1.24. The Morgan fingerprint density at radius 1 is 1.65 bits per heavy atom. The molecule has 0 unspecified atom stereocenters. The van der Waals surface area contributed by atoms with Crippen LogP contribution in [0.1, 0.15) is 24.0 Å². The zero-order valence-corrected chi connectivity index (χ0v) is 11.9. The molecule has 0 fully saturated rings. The predicted molar refractivity (Wildman–Crippen MR) is 75.5 cm³/mol. The van der Waals surface area contributed by atoms with E-state index < -0.39 is 0 Å². The molecule has 3 nitrogen and oxygen atoms in total. The molecule has 5 heteroatoms. The summed E-state index contributed by atoms with van der Waals surface area (Å²) in [7, 11) is 0. The third-order valence-electron chi connectivity index (χ3n) is 2.02. The summed E-state index contributed by atoms with van der Waals surface area (Å²) in [5.41, 5.74) is 1.07. The van der Waals surface area contributed by atoms with Crippen molar-refractivity contribution in [2.24, 2.45) is 0 Å². The number of carbonyl (C=O) groups is 1. The van der Waals surface area contributed by atoms with Crippen LogP contribution in [0.4, 0.5) is 0 Å². The van der Waals surface area contributed by atoms with E-state index in [1.165, 1.54) is 0 Å². The van der Waals surface area contributed by atoms with E-state index in [1.807, 2.05) is 31.4 Å². The zero-order valence-electron chi connectivity index (χ0n) is 10.2. The molecular formula is C12H18N2OS2. The van der Waals surface area contributed by atoms with Gasteiger partial charge in [0.05, 0.1) is 16.5 Å². The topological polar surface area (TPSA) is 42.0 Å². The summed E-state index contributed by atoms with van der Waals surface area (Å²) in [6.45, 7) is 4.69. The SMILES string of the molecule is C/C=C/CCNC(=O)CSCc1csc(C)n1. The van der Waals surface area contributed by atoms with Gasteiger partial charge >= 0.3 is 0 Å². The lowest BCUT2D eigenvalue weighted by molar-refractivity contribution is -0.118. The molecule has 0 atom stereocenters. The minimum atomic E-state index is 0.103. The smallest absolute Gasteiger partial charge is 0.230 e. The van der Waals surface area contributed by atoms with Crippen molar-refractivity contribution in [3.05, 3.63) is 28.2 Å². The molecule has 1 amide bonds. The van der Waals surface area contributed by atoms with Gasteiger partial charge in [-0.05, 0) is 20.3 Å². The Kier molecular flexibility index (Phi) is 6.96. The predicted octanol–water partition coefficient (Wildman–Crippen LogP) is 2.77. The van der Waals surface area contributed by atoms with Gasteiger partial charge in [-0.2, -0.15) is 0 Å². The number of hydrogen-bond donors (Lipinski definition) is 1. The molecule has 0 saturated heterocycles. The van der Waals surface area contributed by atoms with Crippen LogP contribution in [0.25, 0.3) is 0 Å². The van der Waals surface area contributed by atoms with Gasteiger partial charge in [-0.25, -0.2) is 4.98 Å². The standard InChI is InChI=1S/C12H18N2OS2/c1-3-4-5-6-13-12(15)9-16-7-11-8-17-10(2)14-11/h3-4,8H,5-7,9H2,1-2H3,(H,13,15)/b4-3+. The van der Waals surface area contributed by atoms with Gasteiger partial charge in [0.15, 0.2) is 0 Å². The minimum Gasteiger partial charge on any atom is -0.355 e. The monoisotopic (exact) mass is 270 g/mol. The van der Waals surface area contributed by atoms with Gasteiger partial charge < -0.3 is 5.32 Å². The van der Waals surface area contributed by atoms with E-state index in [1.54, 1.807) is 23.1 Å². The first-order valence-corrected chi connectivity index (χ1v) is 7.62. The fourth-order valence-corrected chi connectivity index (χ4v) is 2.70. The molecule has 0 aromatic carbocycles. The molecule has 0 aliphatic heterocycles. The molecule has 0 spiro atoms. The highest BCUT2D eigenvalue weighted by Gasteiger charge is 2.02. The van der Waals surface area contributed by atoms with E-state index in [9.17, 15) is 4.79 Å². The van der Waals surface area contributed by atoms with Crippen molar-refractivity contribution >= 4 is 29.0 Å². The lowest BCUT2D eigenvalue weighted by Gasteiger charge is -2.02. The van der Waals surface area contributed by atoms with Crippen LogP contribution in [0.15, 0.2) is 17.5 Å². The number of hydrogen-bond acceptors (Lipinski definition) is 4. The Hall–Kier alpha value is -0.810.